The second kappa shape index (κ2) is 5.59. The highest BCUT2D eigenvalue weighted by molar-refractivity contribution is 9.10. The van der Waals surface area contributed by atoms with Gasteiger partial charge in [-0.15, -0.1) is 0 Å². The van der Waals surface area contributed by atoms with Crippen molar-refractivity contribution in [1.29, 1.82) is 0 Å². The van der Waals surface area contributed by atoms with E-state index >= 15 is 0 Å². The van der Waals surface area contributed by atoms with Gasteiger partial charge in [-0.2, -0.15) is 0 Å². The van der Waals surface area contributed by atoms with Gasteiger partial charge in [0.1, 0.15) is 12.1 Å². The molecule has 4 nitrogen and oxygen atoms in total. The molecule has 1 aromatic heterocycles. The third-order valence-corrected chi connectivity index (χ3v) is 3.63. The average Bonchev–Trinajstić information content (AvgIpc) is 2.54. The van der Waals surface area contributed by atoms with Crippen LogP contribution in [0.5, 0.6) is 0 Å². The van der Waals surface area contributed by atoms with Crippen LogP contribution in [0.2, 0.25) is 0 Å². The number of halogens is 1. The topological polar surface area (TPSA) is 55.0 Å². The first-order valence-corrected chi connectivity index (χ1v) is 6.54. The maximum absolute atomic E-state index is 5.85. The molecule has 2 N–H and O–H groups in total. The molecule has 0 saturated carbocycles. The second-order valence-electron chi connectivity index (χ2n) is 4.13. The maximum atomic E-state index is 5.85. The third-order valence-electron chi connectivity index (χ3n) is 3.07. The zero-order valence-electron chi connectivity index (χ0n) is 9.27. The zero-order valence-corrected chi connectivity index (χ0v) is 10.9. The summed E-state index contributed by atoms with van der Waals surface area (Å²) >= 11 is 3.51. The largest absolute Gasteiger partial charge is 0.351 e. The normalized spacial score (nSPS) is 21.9. The first-order chi connectivity index (χ1) is 7.83. The van der Waals surface area contributed by atoms with Crippen LogP contribution >= 0.6 is 15.9 Å². The molecular formula is C11H17BrN4. The highest BCUT2D eigenvalue weighted by atomic mass is 79.9. The number of nitrogens with two attached hydrogens (primary N) is 1. The van der Waals surface area contributed by atoms with Gasteiger partial charge in [0.05, 0.1) is 4.47 Å². The molecule has 2 rings (SSSR count). The first kappa shape index (κ1) is 11.8. The van der Waals surface area contributed by atoms with Gasteiger partial charge in [-0.1, -0.05) is 12.8 Å². The number of nitrogens with zero attached hydrogens (tertiary/aromatic N) is 3. The third kappa shape index (κ3) is 2.52. The summed E-state index contributed by atoms with van der Waals surface area (Å²) in [5, 5.41) is 0. The van der Waals surface area contributed by atoms with Crippen molar-refractivity contribution in [3.05, 3.63) is 17.0 Å². The molecule has 1 aliphatic heterocycles. The molecule has 1 aromatic rings. The molecule has 0 spiro atoms. The van der Waals surface area contributed by atoms with Crippen LogP contribution in [0.3, 0.4) is 0 Å². The fourth-order valence-electron chi connectivity index (χ4n) is 2.22. The highest BCUT2D eigenvalue weighted by Crippen LogP contribution is 2.27. The fourth-order valence-corrected chi connectivity index (χ4v) is 2.67. The lowest BCUT2D eigenvalue weighted by molar-refractivity contribution is 0.574. The predicted octanol–water partition coefficient (Wildman–Crippen LogP) is 1.95. The van der Waals surface area contributed by atoms with E-state index in [0.717, 1.165) is 23.3 Å². The summed E-state index contributed by atoms with van der Waals surface area (Å²) in [6, 6.07) is 0.411. The van der Waals surface area contributed by atoms with Gasteiger partial charge >= 0.3 is 0 Å². The van der Waals surface area contributed by atoms with Crippen molar-refractivity contribution in [2.24, 2.45) is 5.73 Å². The molecule has 1 aliphatic rings. The minimum absolute atomic E-state index is 0.411. The molecule has 1 atom stereocenters. The number of hydrogen-bond donors (Lipinski definition) is 1. The second-order valence-corrected chi connectivity index (χ2v) is 4.98. The molecule has 0 aliphatic carbocycles. The van der Waals surface area contributed by atoms with E-state index in [-0.39, 0.29) is 0 Å². The van der Waals surface area contributed by atoms with Gasteiger partial charge in [-0.05, 0) is 28.8 Å². The Kier molecular flexibility index (Phi) is 4.12. The Morgan fingerprint density at radius 3 is 3.06 bits per heavy atom. The van der Waals surface area contributed by atoms with E-state index in [1.54, 1.807) is 12.5 Å². The summed E-state index contributed by atoms with van der Waals surface area (Å²) in [6.45, 7) is 1.73. The number of aromatic nitrogens is 2. The van der Waals surface area contributed by atoms with Crippen molar-refractivity contribution in [2.75, 3.05) is 18.0 Å². The summed E-state index contributed by atoms with van der Waals surface area (Å²) in [7, 11) is 0. The molecule has 2 heterocycles. The van der Waals surface area contributed by atoms with Gasteiger partial charge in [0.15, 0.2) is 0 Å². The molecular weight excluding hydrogens is 268 g/mol. The number of anilines is 1. The van der Waals surface area contributed by atoms with E-state index in [1.165, 1.54) is 19.3 Å². The molecule has 1 saturated heterocycles. The van der Waals surface area contributed by atoms with E-state index < -0.39 is 0 Å². The van der Waals surface area contributed by atoms with Crippen LogP contribution in [0.15, 0.2) is 17.0 Å². The SMILES string of the molecule is NCC1CCCCCN1c1ncncc1Br. The van der Waals surface area contributed by atoms with Crippen LogP contribution in [0.25, 0.3) is 0 Å². The van der Waals surface area contributed by atoms with Gasteiger partial charge in [0, 0.05) is 25.3 Å². The lowest BCUT2D eigenvalue weighted by Gasteiger charge is -2.30. The van der Waals surface area contributed by atoms with Gasteiger partial charge in [0.25, 0.3) is 0 Å². The molecule has 0 amide bonds. The van der Waals surface area contributed by atoms with E-state index in [2.05, 4.69) is 30.8 Å². The summed E-state index contributed by atoms with van der Waals surface area (Å²) in [4.78, 5) is 10.7. The van der Waals surface area contributed by atoms with Crippen molar-refractivity contribution in [3.63, 3.8) is 0 Å². The van der Waals surface area contributed by atoms with Crippen molar-refractivity contribution >= 4 is 21.7 Å². The summed E-state index contributed by atoms with van der Waals surface area (Å²) in [6.07, 6.45) is 8.32. The minimum atomic E-state index is 0.411. The van der Waals surface area contributed by atoms with Gasteiger partial charge in [-0.25, -0.2) is 9.97 Å². The van der Waals surface area contributed by atoms with E-state index in [1.807, 2.05) is 0 Å². The van der Waals surface area contributed by atoms with Crippen molar-refractivity contribution < 1.29 is 0 Å². The molecule has 0 radical (unpaired) electrons. The Morgan fingerprint density at radius 1 is 1.44 bits per heavy atom. The Hall–Kier alpha value is -0.680. The standard InChI is InChI=1S/C11H17BrN4/c12-10-7-14-8-15-11(10)16-5-3-1-2-4-9(16)6-13/h7-9H,1-6,13H2. The smallest absolute Gasteiger partial charge is 0.146 e. The molecule has 1 unspecified atom stereocenters. The van der Waals surface area contributed by atoms with Crippen LogP contribution in [0.4, 0.5) is 5.82 Å². The van der Waals surface area contributed by atoms with E-state index in [9.17, 15) is 0 Å². The van der Waals surface area contributed by atoms with Crippen molar-refractivity contribution in [3.8, 4) is 0 Å². The zero-order chi connectivity index (χ0) is 11.4. The molecule has 0 bridgehead atoms. The van der Waals surface area contributed by atoms with Crippen LogP contribution in [-0.4, -0.2) is 29.1 Å². The minimum Gasteiger partial charge on any atom is -0.351 e. The molecule has 5 heteroatoms. The van der Waals surface area contributed by atoms with Gasteiger partial charge in [0.2, 0.25) is 0 Å². The van der Waals surface area contributed by atoms with E-state index in [4.69, 9.17) is 5.73 Å². The molecule has 16 heavy (non-hydrogen) atoms. The van der Waals surface area contributed by atoms with E-state index in [0.29, 0.717) is 12.6 Å². The lowest BCUT2D eigenvalue weighted by Crippen LogP contribution is -2.41. The maximum Gasteiger partial charge on any atom is 0.146 e. The predicted molar refractivity (Wildman–Crippen MR) is 68.4 cm³/mol. The number of rotatable bonds is 2. The molecule has 0 aromatic carbocycles. The van der Waals surface area contributed by atoms with Crippen molar-refractivity contribution in [1.82, 2.24) is 9.97 Å². The summed E-state index contributed by atoms with van der Waals surface area (Å²) in [5.74, 6) is 0.979. The Bertz CT molecular complexity index is 345. The average molecular weight is 285 g/mol. The van der Waals surface area contributed by atoms with Crippen molar-refractivity contribution in [2.45, 2.75) is 31.7 Å². The van der Waals surface area contributed by atoms with Crippen LogP contribution in [0, 0.1) is 0 Å². The Balaban J connectivity index is 2.25. The van der Waals surface area contributed by atoms with Crippen LogP contribution in [0.1, 0.15) is 25.7 Å². The first-order valence-electron chi connectivity index (χ1n) is 5.75. The summed E-state index contributed by atoms with van der Waals surface area (Å²) < 4.78 is 0.954. The monoisotopic (exact) mass is 284 g/mol. The Labute approximate surface area is 104 Å². The summed E-state index contributed by atoms with van der Waals surface area (Å²) in [5.41, 5.74) is 5.85. The highest BCUT2D eigenvalue weighted by Gasteiger charge is 2.22. The fraction of sp³-hybridized carbons (Fsp3) is 0.636. The van der Waals surface area contributed by atoms with Gasteiger partial charge in [-0.3, -0.25) is 0 Å². The van der Waals surface area contributed by atoms with Crippen LogP contribution < -0.4 is 10.6 Å². The van der Waals surface area contributed by atoms with Crippen LogP contribution in [-0.2, 0) is 0 Å². The van der Waals surface area contributed by atoms with Gasteiger partial charge < -0.3 is 10.6 Å². The number of hydrogen-bond acceptors (Lipinski definition) is 4. The quantitative estimate of drug-likeness (QED) is 0.902. The lowest BCUT2D eigenvalue weighted by atomic mass is 10.1. The Morgan fingerprint density at radius 2 is 2.31 bits per heavy atom. The molecule has 1 fully saturated rings. The molecule has 88 valence electrons.